The zero-order valence-electron chi connectivity index (χ0n) is 9.39. The Bertz CT molecular complexity index is 305. The van der Waals surface area contributed by atoms with Crippen molar-refractivity contribution >= 4 is 0 Å². The number of hydrogen-bond acceptors (Lipinski definition) is 2. The van der Waals surface area contributed by atoms with Crippen molar-refractivity contribution in [2.24, 2.45) is 0 Å². The number of methoxy groups -OCH3 is 1. The Hall–Kier alpha value is -1.18. The Labute approximate surface area is 85.8 Å². The normalized spacial score (nSPS) is 10.0. The molecule has 2 nitrogen and oxygen atoms in total. The van der Waals surface area contributed by atoms with Gasteiger partial charge in [0.1, 0.15) is 0 Å². The van der Waals surface area contributed by atoms with E-state index in [9.17, 15) is 0 Å². The highest BCUT2D eigenvalue weighted by molar-refractivity contribution is 5.46. The van der Waals surface area contributed by atoms with Crippen LogP contribution in [-0.4, -0.2) is 13.7 Å². The molecule has 0 aliphatic carbocycles. The fraction of sp³-hybridized carbons (Fsp3) is 0.500. The first-order valence-electron chi connectivity index (χ1n) is 4.97. The Morgan fingerprint density at radius 2 is 1.64 bits per heavy atom. The van der Waals surface area contributed by atoms with E-state index in [0.29, 0.717) is 0 Å². The molecule has 14 heavy (non-hydrogen) atoms. The summed E-state index contributed by atoms with van der Waals surface area (Å²) in [5, 5.41) is 0. The molecule has 0 radical (unpaired) electrons. The average Bonchev–Trinajstić information content (AvgIpc) is 2.19. The van der Waals surface area contributed by atoms with Crippen molar-refractivity contribution in [3.05, 3.63) is 23.3 Å². The van der Waals surface area contributed by atoms with Crippen molar-refractivity contribution in [1.29, 1.82) is 0 Å². The quantitative estimate of drug-likeness (QED) is 0.733. The van der Waals surface area contributed by atoms with Crippen molar-refractivity contribution < 1.29 is 9.47 Å². The summed E-state index contributed by atoms with van der Waals surface area (Å²) in [6, 6.07) is 4.05. The first kappa shape index (κ1) is 10.9. The molecule has 0 fully saturated rings. The van der Waals surface area contributed by atoms with Gasteiger partial charge >= 0.3 is 0 Å². The highest BCUT2D eigenvalue weighted by atomic mass is 16.5. The van der Waals surface area contributed by atoms with Crippen LogP contribution < -0.4 is 9.47 Å². The summed E-state index contributed by atoms with van der Waals surface area (Å²) in [5.74, 6) is 1.67. The van der Waals surface area contributed by atoms with E-state index in [1.807, 2.05) is 12.1 Å². The summed E-state index contributed by atoms with van der Waals surface area (Å²) < 4.78 is 10.8. The van der Waals surface area contributed by atoms with E-state index in [4.69, 9.17) is 9.47 Å². The third kappa shape index (κ3) is 2.41. The van der Waals surface area contributed by atoms with Crippen LogP contribution in [0.5, 0.6) is 11.5 Å². The Morgan fingerprint density at radius 1 is 1.07 bits per heavy atom. The number of ether oxygens (including phenoxy) is 2. The monoisotopic (exact) mass is 194 g/mol. The van der Waals surface area contributed by atoms with Crippen LogP contribution in [0.25, 0.3) is 0 Å². The van der Waals surface area contributed by atoms with Crippen LogP contribution in [0.3, 0.4) is 0 Å². The summed E-state index contributed by atoms with van der Waals surface area (Å²) in [6.07, 6.45) is 1.01. The van der Waals surface area contributed by atoms with Crippen molar-refractivity contribution in [2.45, 2.75) is 27.2 Å². The third-order valence-electron chi connectivity index (χ3n) is 2.24. The molecule has 1 rings (SSSR count). The first-order chi connectivity index (χ1) is 6.69. The highest BCUT2D eigenvalue weighted by Crippen LogP contribution is 2.30. The maximum Gasteiger partial charge on any atom is 0.161 e. The molecule has 78 valence electrons. The van der Waals surface area contributed by atoms with E-state index in [1.165, 1.54) is 11.1 Å². The molecule has 0 aliphatic rings. The maximum absolute atomic E-state index is 5.59. The van der Waals surface area contributed by atoms with Gasteiger partial charge in [0.05, 0.1) is 13.7 Å². The van der Waals surface area contributed by atoms with Gasteiger partial charge in [0.25, 0.3) is 0 Å². The van der Waals surface area contributed by atoms with Crippen LogP contribution in [0.4, 0.5) is 0 Å². The zero-order chi connectivity index (χ0) is 10.6. The number of hydrogen-bond donors (Lipinski definition) is 0. The van der Waals surface area contributed by atoms with Crippen molar-refractivity contribution in [3.63, 3.8) is 0 Å². The van der Waals surface area contributed by atoms with Gasteiger partial charge < -0.3 is 9.47 Å². The van der Waals surface area contributed by atoms with Crippen LogP contribution in [0.1, 0.15) is 24.5 Å². The molecule has 0 bridgehead atoms. The second kappa shape index (κ2) is 4.89. The molecule has 0 aromatic heterocycles. The third-order valence-corrected chi connectivity index (χ3v) is 2.24. The molecule has 0 saturated carbocycles. The summed E-state index contributed by atoms with van der Waals surface area (Å²) in [6.45, 7) is 6.97. The topological polar surface area (TPSA) is 18.5 Å². The predicted octanol–water partition coefficient (Wildman–Crippen LogP) is 3.10. The molecule has 0 saturated heterocycles. The van der Waals surface area contributed by atoms with Crippen LogP contribution in [0, 0.1) is 13.8 Å². The average molecular weight is 194 g/mol. The Morgan fingerprint density at radius 3 is 2.14 bits per heavy atom. The van der Waals surface area contributed by atoms with Crippen LogP contribution in [-0.2, 0) is 0 Å². The van der Waals surface area contributed by atoms with E-state index in [0.717, 1.165) is 24.5 Å². The lowest BCUT2D eigenvalue weighted by atomic mass is 10.1. The second-order valence-corrected chi connectivity index (χ2v) is 3.44. The fourth-order valence-electron chi connectivity index (χ4n) is 1.25. The molecule has 0 spiro atoms. The minimum atomic E-state index is 0.735. The molecule has 0 amide bonds. The molecule has 1 aromatic rings. The van der Waals surface area contributed by atoms with Crippen molar-refractivity contribution in [1.82, 2.24) is 0 Å². The minimum absolute atomic E-state index is 0.735. The van der Waals surface area contributed by atoms with Gasteiger partial charge in [-0.25, -0.2) is 0 Å². The lowest BCUT2D eigenvalue weighted by Crippen LogP contribution is -1.99. The fourth-order valence-corrected chi connectivity index (χ4v) is 1.25. The van der Waals surface area contributed by atoms with E-state index in [1.54, 1.807) is 7.11 Å². The predicted molar refractivity (Wildman–Crippen MR) is 58.3 cm³/mol. The summed E-state index contributed by atoms with van der Waals surface area (Å²) in [5.41, 5.74) is 2.46. The van der Waals surface area contributed by atoms with Gasteiger partial charge in [-0.3, -0.25) is 0 Å². The first-order valence-corrected chi connectivity index (χ1v) is 4.97. The largest absolute Gasteiger partial charge is 0.493 e. The Balaban J connectivity index is 2.95. The van der Waals surface area contributed by atoms with E-state index in [-0.39, 0.29) is 0 Å². The van der Waals surface area contributed by atoms with Gasteiger partial charge in [-0.15, -0.1) is 0 Å². The molecular formula is C12H18O2. The molecule has 0 N–H and O–H groups in total. The molecular weight excluding hydrogens is 176 g/mol. The Kier molecular flexibility index (Phi) is 3.81. The maximum atomic E-state index is 5.59. The summed E-state index contributed by atoms with van der Waals surface area (Å²) in [7, 11) is 1.67. The standard InChI is InChI=1S/C12H18O2/c1-5-6-14-12-8-10(3)9(2)7-11(12)13-4/h7-8H,5-6H2,1-4H3. The smallest absolute Gasteiger partial charge is 0.161 e. The van der Waals surface area contributed by atoms with Crippen LogP contribution in [0.2, 0.25) is 0 Å². The lowest BCUT2D eigenvalue weighted by Gasteiger charge is -2.12. The molecule has 0 atom stereocenters. The number of rotatable bonds is 4. The second-order valence-electron chi connectivity index (χ2n) is 3.44. The SMILES string of the molecule is CCCOc1cc(C)c(C)cc1OC. The van der Waals surface area contributed by atoms with Gasteiger partial charge in [0, 0.05) is 0 Å². The van der Waals surface area contributed by atoms with Crippen LogP contribution >= 0.6 is 0 Å². The van der Waals surface area contributed by atoms with E-state index >= 15 is 0 Å². The summed E-state index contributed by atoms with van der Waals surface area (Å²) in [4.78, 5) is 0. The number of benzene rings is 1. The molecule has 0 heterocycles. The summed E-state index contributed by atoms with van der Waals surface area (Å²) >= 11 is 0. The van der Waals surface area contributed by atoms with Crippen LogP contribution in [0.15, 0.2) is 12.1 Å². The molecule has 2 heteroatoms. The zero-order valence-corrected chi connectivity index (χ0v) is 9.39. The van der Waals surface area contributed by atoms with E-state index in [2.05, 4.69) is 20.8 Å². The van der Waals surface area contributed by atoms with Gasteiger partial charge in [0.2, 0.25) is 0 Å². The van der Waals surface area contributed by atoms with Gasteiger partial charge in [0.15, 0.2) is 11.5 Å². The minimum Gasteiger partial charge on any atom is -0.493 e. The van der Waals surface area contributed by atoms with E-state index < -0.39 is 0 Å². The molecule has 0 unspecified atom stereocenters. The molecule has 1 aromatic carbocycles. The van der Waals surface area contributed by atoms with Gasteiger partial charge in [-0.05, 0) is 43.5 Å². The lowest BCUT2D eigenvalue weighted by molar-refractivity contribution is 0.294. The molecule has 0 aliphatic heterocycles. The number of aryl methyl sites for hydroxylation is 2. The van der Waals surface area contributed by atoms with Crippen molar-refractivity contribution in [3.8, 4) is 11.5 Å². The van der Waals surface area contributed by atoms with Gasteiger partial charge in [-0.2, -0.15) is 0 Å². The van der Waals surface area contributed by atoms with Gasteiger partial charge in [-0.1, -0.05) is 6.92 Å². The highest BCUT2D eigenvalue weighted by Gasteiger charge is 2.06. The van der Waals surface area contributed by atoms with Crippen molar-refractivity contribution in [2.75, 3.05) is 13.7 Å².